The highest BCUT2D eigenvalue weighted by Gasteiger charge is 2.26. The van der Waals surface area contributed by atoms with Crippen LogP contribution in [0.4, 0.5) is 0 Å². The maximum absolute atomic E-state index is 12.0. The third-order valence-corrected chi connectivity index (χ3v) is 3.68. The van der Waals surface area contributed by atoms with Gasteiger partial charge in [0, 0.05) is 12.8 Å². The van der Waals surface area contributed by atoms with Crippen molar-refractivity contribution in [1.29, 1.82) is 0 Å². The highest BCUT2D eigenvalue weighted by molar-refractivity contribution is 6.29. The lowest BCUT2D eigenvalue weighted by molar-refractivity contribution is -0.176. The van der Waals surface area contributed by atoms with Crippen LogP contribution < -0.4 is 0 Å². The van der Waals surface area contributed by atoms with Gasteiger partial charge in [0.15, 0.2) is 0 Å². The van der Waals surface area contributed by atoms with Gasteiger partial charge in [-0.15, -0.1) is 0 Å². The number of unbranched alkanes of at least 4 members (excludes halogenated alkanes) is 2. The molecule has 0 aliphatic rings. The monoisotopic (exact) mass is 346 g/mol. The van der Waals surface area contributed by atoms with Crippen molar-refractivity contribution in [3.05, 3.63) is 0 Å². The molecule has 0 aromatic heterocycles. The fourth-order valence-corrected chi connectivity index (χ4v) is 2.47. The minimum absolute atomic E-state index is 0.298. The molecule has 0 rings (SSSR count). The zero-order chi connectivity index (χ0) is 18.5. The molecule has 0 bridgehead atoms. The van der Waals surface area contributed by atoms with E-state index in [0.717, 1.165) is 25.7 Å². The molecule has 0 spiro atoms. The van der Waals surface area contributed by atoms with E-state index in [0.29, 0.717) is 25.7 Å². The molecule has 0 saturated carbocycles. The van der Waals surface area contributed by atoms with E-state index in [2.05, 4.69) is 0 Å². The molecule has 142 valence electrons. The first-order valence-electron chi connectivity index (χ1n) is 9.07. The van der Waals surface area contributed by atoms with Crippen molar-refractivity contribution in [3.63, 3.8) is 0 Å². The van der Waals surface area contributed by atoms with Crippen LogP contribution in [0, 0.1) is 0 Å². The number of hydrogen-bond donors (Lipinski definition) is 2. The Morgan fingerprint density at radius 2 is 1.12 bits per heavy atom. The van der Waals surface area contributed by atoms with E-state index in [-0.39, 0.29) is 0 Å². The van der Waals surface area contributed by atoms with Gasteiger partial charge >= 0.3 is 11.9 Å². The van der Waals surface area contributed by atoms with Crippen LogP contribution in [0.2, 0.25) is 0 Å². The normalized spacial score (nSPS) is 16.1. The lowest BCUT2D eigenvalue weighted by Crippen LogP contribution is -2.32. The maximum atomic E-state index is 12.0. The van der Waals surface area contributed by atoms with Gasteiger partial charge < -0.3 is 19.7 Å². The molecule has 24 heavy (non-hydrogen) atoms. The Morgan fingerprint density at radius 1 is 0.792 bits per heavy atom. The quantitative estimate of drug-likeness (QED) is 0.417. The molecule has 0 aromatic carbocycles. The summed E-state index contributed by atoms with van der Waals surface area (Å²) in [5, 5.41) is 19.0. The van der Waals surface area contributed by atoms with Crippen molar-refractivity contribution in [3.8, 4) is 0 Å². The standard InChI is InChI=1S/C18H34O6/c1-5-7-9-15(11-13(3)19)23-17(21)18(22)24-16(10-8-6-2)12-14(4)20/h13-16,19-20H,5-12H2,1-4H3. The second-order valence-electron chi connectivity index (χ2n) is 6.51. The summed E-state index contributed by atoms with van der Waals surface area (Å²) in [5.41, 5.74) is 0. The van der Waals surface area contributed by atoms with Gasteiger partial charge in [-0.3, -0.25) is 0 Å². The zero-order valence-corrected chi connectivity index (χ0v) is 15.5. The van der Waals surface area contributed by atoms with Gasteiger partial charge in [-0.1, -0.05) is 39.5 Å². The molecular weight excluding hydrogens is 312 g/mol. The van der Waals surface area contributed by atoms with Crippen LogP contribution in [0.5, 0.6) is 0 Å². The molecule has 0 amide bonds. The third-order valence-electron chi connectivity index (χ3n) is 3.68. The first kappa shape index (κ1) is 22.9. The number of carbonyl (C=O) groups excluding carboxylic acids is 2. The topological polar surface area (TPSA) is 93.1 Å². The predicted molar refractivity (Wildman–Crippen MR) is 91.4 cm³/mol. The lowest BCUT2D eigenvalue weighted by Gasteiger charge is -2.21. The van der Waals surface area contributed by atoms with Crippen LogP contribution in [0.3, 0.4) is 0 Å². The third kappa shape index (κ3) is 11.4. The van der Waals surface area contributed by atoms with E-state index in [9.17, 15) is 19.8 Å². The van der Waals surface area contributed by atoms with Gasteiger partial charge in [-0.25, -0.2) is 9.59 Å². The summed E-state index contributed by atoms with van der Waals surface area (Å²) >= 11 is 0. The van der Waals surface area contributed by atoms with E-state index in [1.807, 2.05) is 13.8 Å². The van der Waals surface area contributed by atoms with Crippen molar-refractivity contribution in [1.82, 2.24) is 0 Å². The van der Waals surface area contributed by atoms with E-state index < -0.39 is 36.4 Å². The molecule has 0 aliphatic carbocycles. The Hall–Kier alpha value is -1.14. The number of rotatable bonds is 12. The number of aliphatic hydroxyl groups excluding tert-OH is 2. The van der Waals surface area contributed by atoms with E-state index in [4.69, 9.17) is 9.47 Å². The Labute approximate surface area is 145 Å². The number of aliphatic hydroxyl groups is 2. The molecule has 0 aliphatic heterocycles. The summed E-state index contributed by atoms with van der Waals surface area (Å²) in [5.74, 6) is -2.05. The molecule has 6 heteroatoms. The van der Waals surface area contributed by atoms with E-state index >= 15 is 0 Å². The van der Waals surface area contributed by atoms with Crippen molar-refractivity contribution in [2.45, 2.75) is 103 Å². The molecule has 0 saturated heterocycles. The van der Waals surface area contributed by atoms with Gasteiger partial charge in [0.05, 0.1) is 12.2 Å². The van der Waals surface area contributed by atoms with Gasteiger partial charge in [0.1, 0.15) is 12.2 Å². The van der Waals surface area contributed by atoms with Crippen LogP contribution in [0.25, 0.3) is 0 Å². The summed E-state index contributed by atoms with van der Waals surface area (Å²) in [6.07, 6.45) is 3.18. The molecule has 4 atom stereocenters. The van der Waals surface area contributed by atoms with Crippen molar-refractivity contribution in [2.75, 3.05) is 0 Å². The second-order valence-corrected chi connectivity index (χ2v) is 6.51. The average molecular weight is 346 g/mol. The fourth-order valence-electron chi connectivity index (χ4n) is 2.47. The van der Waals surface area contributed by atoms with Gasteiger partial charge in [0.2, 0.25) is 0 Å². The zero-order valence-electron chi connectivity index (χ0n) is 15.5. The molecule has 0 fully saturated rings. The predicted octanol–water partition coefficient (Wildman–Crippen LogP) is 2.73. The van der Waals surface area contributed by atoms with Crippen molar-refractivity contribution in [2.24, 2.45) is 0 Å². The molecule has 0 aromatic rings. The van der Waals surface area contributed by atoms with Crippen LogP contribution in [0.15, 0.2) is 0 Å². The smallest absolute Gasteiger partial charge is 0.417 e. The molecule has 4 unspecified atom stereocenters. The summed E-state index contributed by atoms with van der Waals surface area (Å²) in [6.45, 7) is 7.27. The Balaban J connectivity index is 4.58. The molecule has 2 N–H and O–H groups in total. The molecule has 6 nitrogen and oxygen atoms in total. The van der Waals surface area contributed by atoms with E-state index in [1.165, 1.54) is 0 Å². The second kappa shape index (κ2) is 13.2. The lowest BCUT2D eigenvalue weighted by atomic mass is 10.1. The number of esters is 2. The van der Waals surface area contributed by atoms with Crippen LogP contribution in [-0.2, 0) is 19.1 Å². The minimum Gasteiger partial charge on any atom is -0.454 e. The summed E-state index contributed by atoms with van der Waals surface area (Å²) in [6, 6.07) is 0. The number of ether oxygens (including phenoxy) is 2. The summed E-state index contributed by atoms with van der Waals surface area (Å²) < 4.78 is 10.4. The van der Waals surface area contributed by atoms with Crippen molar-refractivity contribution >= 4 is 11.9 Å². The first-order chi connectivity index (χ1) is 11.3. The Morgan fingerprint density at radius 3 is 1.38 bits per heavy atom. The first-order valence-corrected chi connectivity index (χ1v) is 9.07. The highest BCUT2D eigenvalue weighted by atomic mass is 16.6. The Kier molecular flexibility index (Phi) is 12.6. The van der Waals surface area contributed by atoms with Gasteiger partial charge in [0.25, 0.3) is 0 Å². The number of carbonyl (C=O) groups is 2. The van der Waals surface area contributed by atoms with Gasteiger partial charge in [-0.05, 0) is 26.7 Å². The Bertz CT molecular complexity index is 319. The van der Waals surface area contributed by atoms with Crippen molar-refractivity contribution < 1.29 is 29.3 Å². The number of hydrogen-bond acceptors (Lipinski definition) is 6. The largest absolute Gasteiger partial charge is 0.454 e. The summed E-state index contributed by atoms with van der Waals surface area (Å²) in [4.78, 5) is 23.9. The molecular formula is C18H34O6. The van der Waals surface area contributed by atoms with Gasteiger partial charge in [-0.2, -0.15) is 0 Å². The summed E-state index contributed by atoms with van der Waals surface area (Å²) in [7, 11) is 0. The minimum atomic E-state index is -1.02. The van der Waals surface area contributed by atoms with E-state index in [1.54, 1.807) is 13.8 Å². The molecule has 0 radical (unpaired) electrons. The van der Waals surface area contributed by atoms with Crippen LogP contribution >= 0.6 is 0 Å². The van der Waals surface area contributed by atoms with Crippen LogP contribution in [-0.4, -0.2) is 46.6 Å². The average Bonchev–Trinajstić information content (AvgIpc) is 2.48. The SMILES string of the molecule is CCCCC(CC(C)O)OC(=O)C(=O)OC(CCCC)CC(C)O. The highest BCUT2D eigenvalue weighted by Crippen LogP contribution is 2.15. The maximum Gasteiger partial charge on any atom is 0.417 e. The fraction of sp³-hybridized carbons (Fsp3) is 0.889. The molecule has 0 heterocycles. The van der Waals surface area contributed by atoms with Crippen LogP contribution in [0.1, 0.15) is 79.1 Å².